The quantitative estimate of drug-likeness (QED) is 0.787. The summed E-state index contributed by atoms with van der Waals surface area (Å²) >= 11 is 6.87. The Morgan fingerprint density at radius 3 is 2.07 bits per heavy atom. The van der Waals surface area contributed by atoms with Crippen molar-refractivity contribution in [1.82, 2.24) is 0 Å². The van der Waals surface area contributed by atoms with Crippen molar-refractivity contribution in [2.24, 2.45) is 0 Å². The Morgan fingerprint density at radius 1 is 1.07 bits per heavy atom. The van der Waals surface area contributed by atoms with Gasteiger partial charge >= 0.3 is 0 Å². The number of rotatable bonds is 4. The molecule has 0 bridgehead atoms. The molecule has 84 valence electrons. The van der Waals surface area contributed by atoms with Crippen LogP contribution in [0.15, 0.2) is 10.5 Å². The molecular weight excluding hydrogens is 328 g/mol. The van der Waals surface area contributed by atoms with E-state index in [9.17, 15) is 0 Å². The average molecular weight is 340 g/mol. The number of hydrogen-bond donors (Lipinski definition) is 0. The molecule has 0 fully saturated rings. The van der Waals surface area contributed by atoms with Crippen molar-refractivity contribution in [3.8, 4) is 17.2 Å². The highest BCUT2D eigenvalue weighted by molar-refractivity contribution is 9.11. The van der Waals surface area contributed by atoms with Crippen LogP contribution < -0.4 is 14.2 Å². The van der Waals surface area contributed by atoms with E-state index in [1.165, 1.54) is 0 Å². The molecule has 0 aliphatic carbocycles. The monoisotopic (exact) mass is 338 g/mol. The van der Waals surface area contributed by atoms with Gasteiger partial charge in [-0.3, -0.25) is 0 Å². The first-order valence-electron chi connectivity index (χ1n) is 4.22. The zero-order chi connectivity index (χ0) is 11.4. The Morgan fingerprint density at radius 2 is 1.67 bits per heavy atom. The third kappa shape index (κ3) is 2.39. The summed E-state index contributed by atoms with van der Waals surface area (Å²) in [6.07, 6.45) is 0. The van der Waals surface area contributed by atoms with E-state index in [0.29, 0.717) is 22.6 Å². The van der Waals surface area contributed by atoms with Crippen LogP contribution in [0, 0.1) is 0 Å². The molecule has 5 heteroatoms. The van der Waals surface area contributed by atoms with Gasteiger partial charge in [0.2, 0.25) is 5.75 Å². The Hall–Kier alpha value is -0.420. The SMILES string of the molecule is COc1cc(CBr)c(Br)c(OC)c1OC. The van der Waals surface area contributed by atoms with Gasteiger partial charge in [0.1, 0.15) is 0 Å². The molecule has 0 aromatic heterocycles. The van der Waals surface area contributed by atoms with Crippen molar-refractivity contribution in [3.05, 3.63) is 16.1 Å². The van der Waals surface area contributed by atoms with E-state index in [0.717, 1.165) is 10.0 Å². The summed E-state index contributed by atoms with van der Waals surface area (Å²) in [6.45, 7) is 0. The maximum Gasteiger partial charge on any atom is 0.204 e. The normalized spacial score (nSPS) is 9.93. The summed E-state index contributed by atoms with van der Waals surface area (Å²) in [4.78, 5) is 0. The van der Waals surface area contributed by atoms with Gasteiger partial charge in [-0.15, -0.1) is 0 Å². The van der Waals surface area contributed by atoms with E-state index in [1.807, 2.05) is 6.07 Å². The fourth-order valence-corrected chi connectivity index (χ4v) is 2.68. The molecule has 1 aromatic carbocycles. The number of halogens is 2. The Labute approximate surface area is 106 Å². The van der Waals surface area contributed by atoms with E-state index < -0.39 is 0 Å². The lowest BCUT2D eigenvalue weighted by molar-refractivity contribution is 0.322. The molecule has 0 aliphatic rings. The number of alkyl halides is 1. The smallest absolute Gasteiger partial charge is 0.204 e. The highest BCUT2D eigenvalue weighted by Crippen LogP contribution is 2.45. The van der Waals surface area contributed by atoms with Gasteiger partial charge < -0.3 is 14.2 Å². The molecule has 0 atom stereocenters. The van der Waals surface area contributed by atoms with Gasteiger partial charge in [-0.25, -0.2) is 0 Å². The molecule has 3 nitrogen and oxygen atoms in total. The van der Waals surface area contributed by atoms with Crippen LogP contribution in [-0.2, 0) is 5.33 Å². The van der Waals surface area contributed by atoms with E-state index in [-0.39, 0.29) is 0 Å². The molecule has 0 radical (unpaired) electrons. The minimum Gasteiger partial charge on any atom is -0.493 e. The largest absolute Gasteiger partial charge is 0.493 e. The maximum atomic E-state index is 5.28. The summed E-state index contributed by atoms with van der Waals surface area (Å²) in [5, 5.41) is 0.713. The van der Waals surface area contributed by atoms with Gasteiger partial charge in [0, 0.05) is 5.33 Å². The molecule has 0 heterocycles. The Balaban J connectivity index is 3.43. The van der Waals surface area contributed by atoms with Crippen LogP contribution >= 0.6 is 31.9 Å². The van der Waals surface area contributed by atoms with Gasteiger partial charge in [-0.2, -0.15) is 0 Å². The molecule has 1 aromatic rings. The second kappa shape index (κ2) is 5.61. The van der Waals surface area contributed by atoms with Gasteiger partial charge in [0.25, 0.3) is 0 Å². The van der Waals surface area contributed by atoms with Crippen LogP contribution in [0.1, 0.15) is 5.56 Å². The lowest BCUT2D eigenvalue weighted by atomic mass is 10.2. The second-order valence-corrected chi connectivity index (χ2v) is 4.11. The third-order valence-corrected chi connectivity index (χ3v) is 3.46. The molecular formula is C10H12Br2O3. The minimum atomic E-state index is 0.594. The maximum absolute atomic E-state index is 5.28. The summed E-state index contributed by atoms with van der Waals surface area (Å²) in [6, 6.07) is 1.90. The fourth-order valence-electron chi connectivity index (χ4n) is 1.27. The first-order chi connectivity index (χ1) is 7.19. The van der Waals surface area contributed by atoms with Crippen LogP contribution in [0.5, 0.6) is 17.2 Å². The van der Waals surface area contributed by atoms with Crippen molar-refractivity contribution in [2.75, 3.05) is 21.3 Å². The standard InChI is InChI=1S/C10H12Br2O3/c1-13-7-4-6(5-11)8(12)10(15-3)9(7)14-2/h4H,5H2,1-3H3. The van der Waals surface area contributed by atoms with Crippen molar-refractivity contribution < 1.29 is 14.2 Å². The molecule has 0 spiro atoms. The number of benzene rings is 1. The van der Waals surface area contributed by atoms with Crippen LogP contribution in [0.3, 0.4) is 0 Å². The third-order valence-electron chi connectivity index (χ3n) is 1.99. The van der Waals surface area contributed by atoms with Crippen LogP contribution in [-0.4, -0.2) is 21.3 Å². The van der Waals surface area contributed by atoms with Crippen molar-refractivity contribution in [2.45, 2.75) is 5.33 Å². The van der Waals surface area contributed by atoms with Crippen molar-refractivity contribution in [3.63, 3.8) is 0 Å². The van der Waals surface area contributed by atoms with Gasteiger partial charge in [-0.1, -0.05) is 15.9 Å². The van der Waals surface area contributed by atoms with E-state index in [2.05, 4.69) is 31.9 Å². The molecule has 0 saturated carbocycles. The average Bonchev–Trinajstić information content (AvgIpc) is 2.28. The molecule has 0 unspecified atom stereocenters. The van der Waals surface area contributed by atoms with Gasteiger partial charge in [0.05, 0.1) is 25.8 Å². The molecule has 0 amide bonds. The van der Waals surface area contributed by atoms with E-state index in [1.54, 1.807) is 21.3 Å². The van der Waals surface area contributed by atoms with Gasteiger partial charge in [-0.05, 0) is 27.6 Å². The fraction of sp³-hybridized carbons (Fsp3) is 0.400. The van der Waals surface area contributed by atoms with Crippen molar-refractivity contribution in [1.29, 1.82) is 0 Å². The highest BCUT2D eigenvalue weighted by Gasteiger charge is 2.18. The molecule has 1 rings (SSSR count). The Bertz CT molecular complexity index is 353. The molecule has 0 N–H and O–H groups in total. The van der Waals surface area contributed by atoms with Crippen LogP contribution in [0.25, 0.3) is 0 Å². The predicted molar refractivity (Wildman–Crippen MR) is 66.4 cm³/mol. The zero-order valence-corrected chi connectivity index (χ0v) is 11.9. The zero-order valence-electron chi connectivity index (χ0n) is 8.77. The Kier molecular flexibility index (Phi) is 4.73. The van der Waals surface area contributed by atoms with Crippen LogP contribution in [0.2, 0.25) is 0 Å². The second-order valence-electron chi connectivity index (χ2n) is 2.75. The van der Waals surface area contributed by atoms with E-state index in [4.69, 9.17) is 14.2 Å². The summed E-state index contributed by atoms with van der Waals surface area (Å²) in [5.74, 6) is 1.90. The molecule has 15 heavy (non-hydrogen) atoms. The summed E-state index contributed by atoms with van der Waals surface area (Å²) < 4.78 is 16.6. The number of methoxy groups -OCH3 is 3. The minimum absolute atomic E-state index is 0.594. The summed E-state index contributed by atoms with van der Waals surface area (Å²) in [7, 11) is 4.78. The predicted octanol–water partition coefficient (Wildman–Crippen LogP) is 3.37. The molecule has 0 saturated heterocycles. The lowest BCUT2D eigenvalue weighted by Crippen LogP contribution is -1.97. The number of hydrogen-bond acceptors (Lipinski definition) is 3. The summed E-state index contributed by atoms with van der Waals surface area (Å²) in [5.41, 5.74) is 1.05. The van der Waals surface area contributed by atoms with E-state index >= 15 is 0 Å². The number of ether oxygens (including phenoxy) is 3. The van der Waals surface area contributed by atoms with Crippen LogP contribution in [0.4, 0.5) is 0 Å². The van der Waals surface area contributed by atoms with Gasteiger partial charge in [0.15, 0.2) is 11.5 Å². The topological polar surface area (TPSA) is 27.7 Å². The lowest BCUT2D eigenvalue weighted by Gasteiger charge is -2.15. The highest BCUT2D eigenvalue weighted by atomic mass is 79.9. The first kappa shape index (κ1) is 12.6. The van der Waals surface area contributed by atoms with Crippen molar-refractivity contribution >= 4 is 31.9 Å². The molecule has 0 aliphatic heterocycles. The first-order valence-corrected chi connectivity index (χ1v) is 6.14.